The largest absolute Gasteiger partial charge is 0.378 e. The number of hydrogen-bond acceptors (Lipinski definition) is 1. The minimum Gasteiger partial charge on any atom is -0.378 e. The van der Waals surface area contributed by atoms with Crippen LogP contribution in [0.4, 0.5) is 0 Å². The Morgan fingerprint density at radius 1 is 1.27 bits per heavy atom. The molecule has 2 atom stereocenters. The van der Waals surface area contributed by atoms with Crippen molar-refractivity contribution in [2.24, 2.45) is 5.92 Å². The van der Waals surface area contributed by atoms with Gasteiger partial charge in [0, 0.05) is 6.61 Å². The molecule has 1 heteroatoms. The molecule has 1 aliphatic carbocycles. The third-order valence-electron chi connectivity index (χ3n) is 2.71. The highest BCUT2D eigenvalue weighted by Crippen LogP contribution is 2.28. The number of rotatable bonds is 3. The molecule has 0 aromatic rings. The molecule has 1 aliphatic rings. The van der Waals surface area contributed by atoms with E-state index in [-0.39, 0.29) is 0 Å². The first-order valence-corrected chi connectivity index (χ1v) is 4.98. The van der Waals surface area contributed by atoms with Gasteiger partial charge in [0.1, 0.15) is 0 Å². The van der Waals surface area contributed by atoms with Crippen LogP contribution >= 0.6 is 0 Å². The molecule has 1 rings (SSSR count). The molecule has 0 radical (unpaired) electrons. The maximum atomic E-state index is 5.61. The lowest BCUT2D eigenvalue weighted by Gasteiger charge is -2.27. The Labute approximate surface area is 70.1 Å². The highest BCUT2D eigenvalue weighted by molar-refractivity contribution is 4.72. The molecule has 11 heavy (non-hydrogen) atoms. The maximum absolute atomic E-state index is 5.61. The quantitative estimate of drug-likeness (QED) is 0.610. The molecular weight excluding hydrogens is 136 g/mol. The molecule has 0 aliphatic heterocycles. The SMILES string of the molecule is CCOC1CCCC(CC)C1. The van der Waals surface area contributed by atoms with Crippen LogP contribution in [0.3, 0.4) is 0 Å². The van der Waals surface area contributed by atoms with Crippen LogP contribution in [0.5, 0.6) is 0 Å². The van der Waals surface area contributed by atoms with Gasteiger partial charge in [-0.05, 0) is 25.7 Å². The molecule has 1 saturated carbocycles. The van der Waals surface area contributed by atoms with Gasteiger partial charge in [-0.15, -0.1) is 0 Å². The summed E-state index contributed by atoms with van der Waals surface area (Å²) in [7, 11) is 0. The second kappa shape index (κ2) is 4.76. The number of hydrogen-bond donors (Lipinski definition) is 0. The molecule has 0 spiro atoms. The molecule has 0 heterocycles. The van der Waals surface area contributed by atoms with Crippen molar-refractivity contribution in [2.45, 2.75) is 52.1 Å². The van der Waals surface area contributed by atoms with E-state index in [2.05, 4.69) is 13.8 Å². The minimum absolute atomic E-state index is 0.582. The lowest BCUT2D eigenvalue weighted by Crippen LogP contribution is -2.22. The smallest absolute Gasteiger partial charge is 0.0577 e. The molecule has 66 valence electrons. The van der Waals surface area contributed by atoms with E-state index in [4.69, 9.17) is 4.74 Å². The molecule has 0 aromatic heterocycles. The van der Waals surface area contributed by atoms with E-state index in [1.165, 1.54) is 32.1 Å². The molecule has 0 aromatic carbocycles. The lowest BCUT2D eigenvalue weighted by atomic mass is 9.85. The van der Waals surface area contributed by atoms with Crippen molar-refractivity contribution in [3.8, 4) is 0 Å². The summed E-state index contributed by atoms with van der Waals surface area (Å²) in [6.07, 6.45) is 7.33. The van der Waals surface area contributed by atoms with Crippen LogP contribution in [0, 0.1) is 5.92 Å². The summed E-state index contributed by atoms with van der Waals surface area (Å²) in [5.74, 6) is 0.945. The molecule has 1 nitrogen and oxygen atoms in total. The van der Waals surface area contributed by atoms with Gasteiger partial charge < -0.3 is 4.74 Å². The van der Waals surface area contributed by atoms with Crippen LogP contribution in [0.1, 0.15) is 46.0 Å². The predicted molar refractivity (Wildman–Crippen MR) is 47.7 cm³/mol. The van der Waals surface area contributed by atoms with E-state index in [0.29, 0.717) is 6.10 Å². The van der Waals surface area contributed by atoms with Gasteiger partial charge in [0.25, 0.3) is 0 Å². The van der Waals surface area contributed by atoms with Crippen molar-refractivity contribution in [3.05, 3.63) is 0 Å². The van der Waals surface area contributed by atoms with Crippen molar-refractivity contribution in [1.82, 2.24) is 0 Å². The highest BCUT2D eigenvalue weighted by atomic mass is 16.5. The fourth-order valence-corrected chi connectivity index (χ4v) is 2.00. The Kier molecular flexibility index (Phi) is 3.92. The van der Waals surface area contributed by atoms with Crippen molar-refractivity contribution in [3.63, 3.8) is 0 Å². The van der Waals surface area contributed by atoms with Gasteiger partial charge in [-0.1, -0.05) is 26.2 Å². The molecule has 0 amide bonds. The van der Waals surface area contributed by atoms with Crippen LogP contribution in [0.25, 0.3) is 0 Å². The van der Waals surface area contributed by atoms with Gasteiger partial charge in [0.2, 0.25) is 0 Å². The molecule has 2 unspecified atom stereocenters. The standard InChI is InChI=1S/C10H20O/c1-3-9-6-5-7-10(8-9)11-4-2/h9-10H,3-8H2,1-2H3. The summed E-state index contributed by atoms with van der Waals surface area (Å²) >= 11 is 0. The van der Waals surface area contributed by atoms with E-state index in [1.54, 1.807) is 0 Å². The molecule has 0 bridgehead atoms. The van der Waals surface area contributed by atoms with Crippen LogP contribution in [-0.2, 0) is 4.74 Å². The van der Waals surface area contributed by atoms with Crippen molar-refractivity contribution < 1.29 is 4.74 Å². The van der Waals surface area contributed by atoms with Crippen molar-refractivity contribution in [2.75, 3.05) is 6.61 Å². The van der Waals surface area contributed by atoms with E-state index >= 15 is 0 Å². The fraction of sp³-hybridized carbons (Fsp3) is 1.00. The average Bonchev–Trinajstić information content (AvgIpc) is 2.06. The summed E-state index contributed by atoms with van der Waals surface area (Å²) < 4.78 is 5.61. The lowest BCUT2D eigenvalue weighted by molar-refractivity contribution is 0.0199. The van der Waals surface area contributed by atoms with Crippen LogP contribution in [0.15, 0.2) is 0 Å². The average molecular weight is 156 g/mol. The van der Waals surface area contributed by atoms with E-state index in [0.717, 1.165) is 12.5 Å². The zero-order valence-electron chi connectivity index (χ0n) is 7.81. The van der Waals surface area contributed by atoms with Crippen molar-refractivity contribution >= 4 is 0 Å². The van der Waals surface area contributed by atoms with Gasteiger partial charge >= 0.3 is 0 Å². The molecular formula is C10H20O. The normalized spacial score (nSPS) is 32.2. The van der Waals surface area contributed by atoms with Gasteiger partial charge in [0.05, 0.1) is 6.10 Å². The van der Waals surface area contributed by atoms with E-state index < -0.39 is 0 Å². The zero-order chi connectivity index (χ0) is 8.10. The van der Waals surface area contributed by atoms with Crippen LogP contribution in [-0.4, -0.2) is 12.7 Å². The second-order valence-corrected chi connectivity index (χ2v) is 3.52. The third-order valence-corrected chi connectivity index (χ3v) is 2.71. The molecule has 0 N–H and O–H groups in total. The highest BCUT2D eigenvalue weighted by Gasteiger charge is 2.20. The second-order valence-electron chi connectivity index (χ2n) is 3.52. The summed E-state index contributed by atoms with van der Waals surface area (Å²) in [5.41, 5.74) is 0. The fourth-order valence-electron chi connectivity index (χ4n) is 2.00. The van der Waals surface area contributed by atoms with Gasteiger partial charge in [-0.2, -0.15) is 0 Å². The van der Waals surface area contributed by atoms with E-state index in [1.807, 2.05) is 0 Å². The Hall–Kier alpha value is -0.0400. The summed E-state index contributed by atoms with van der Waals surface area (Å²) in [5, 5.41) is 0. The monoisotopic (exact) mass is 156 g/mol. The van der Waals surface area contributed by atoms with Gasteiger partial charge in [-0.3, -0.25) is 0 Å². The van der Waals surface area contributed by atoms with Gasteiger partial charge in [-0.25, -0.2) is 0 Å². The van der Waals surface area contributed by atoms with Crippen LogP contribution in [0.2, 0.25) is 0 Å². The first kappa shape index (κ1) is 9.05. The van der Waals surface area contributed by atoms with E-state index in [9.17, 15) is 0 Å². The Morgan fingerprint density at radius 3 is 2.73 bits per heavy atom. The minimum atomic E-state index is 0.582. The predicted octanol–water partition coefficient (Wildman–Crippen LogP) is 2.99. The first-order chi connectivity index (χ1) is 5.36. The number of ether oxygens (including phenoxy) is 1. The maximum Gasteiger partial charge on any atom is 0.0577 e. The topological polar surface area (TPSA) is 9.23 Å². The van der Waals surface area contributed by atoms with Crippen LogP contribution < -0.4 is 0 Å². The summed E-state index contributed by atoms with van der Waals surface area (Å²) in [4.78, 5) is 0. The first-order valence-electron chi connectivity index (χ1n) is 4.98. The Balaban J connectivity index is 2.21. The summed E-state index contributed by atoms with van der Waals surface area (Å²) in [6.45, 7) is 5.27. The Bertz CT molecular complexity index is 99.0. The summed E-state index contributed by atoms with van der Waals surface area (Å²) in [6, 6.07) is 0. The third kappa shape index (κ3) is 2.82. The molecule has 1 fully saturated rings. The Morgan fingerprint density at radius 2 is 2.09 bits per heavy atom. The zero-order valence-corrected chi connectivity index (χ0v) is 7.81. The van der Waals surface area contributed by atoms with Crippen molar-refractivity contribution in [1.29, 1.82) is 0 Å². The van der Waals surface area contributed by atoms with Gasteiger partial charge in [0.15, 0.2) is 0 Å². The molecule has 0 saturated heterocycles.